The second-order valence-corrected chi connectivity index (χ2v) is 13.1. The van der Waals surface area contributed by atoms with Gasteiger partial charge in [-0.2, -0.15) is 5.10 Å². The molecule has 13 nitrogen and oxygen atoms in total. The largest absolute Gasteiger partial charge is 0.494 e. The van der Waals surface area contributed by atoms with Crippen LogP contribution in [0.5, 0.6) is 5.75 Å². The number of hydrogen-bond acceptors (Lipinski definition) is 9. The van der Waals surface area contributed by atoms with E-state index in [1.54, 1.807) is 40.3 Å². The third kappa shape index (κ3) is 9.58. The summed E-state index contributed by atoms with van der Waals surface area (Å²) in [5.41, 5.74) is 4.20. The number of aryl methyl sites for hydroxylation is 1. The molecular formula is C41H44FN7O6. The standard InChI is InChI=1S/C41H44FN7O6/c1-3-27-7-6-8-29(21-27)30-24-36(54-2)38(45-25-30)40(52)44-14-20-55-19-13-43-26-37(50)48-15-17-49(18-16-48)41(53)33-22-28(11-12-34(33)42)23-35-31-9-4-5-10-32(31)39(51)47-46-35/h4-12,21-22,24-25,43H,3,13-20,23,26H2,1-2H3,(H,44,52)(H,47,51). The minimum absolute atomic E-state index is 0.0495. The lowest BCUT2D eigenvalue weighted by molar-refractivity contribution is -0.131. The fourth-order valence-corrected chi connectivity index (χ4v) is 6.45. The van der Waals surface area contributed by atoms with Crippen molar-refractivity contribution in [2.45, 2.75) is 19.8 Å². The lowest BCUT2D eigenvalue weighted by Gasteiger charge is -2.35. The van der Waals surface area contributed by atoms with E-state index in [1.807, 2.05) is 24.3 Å². The van der Waals surface area contributed by atoms with E-state index in [-0.39, 0.29) is 61.4 Å². The molecule has 55 heavy (non-hydrogen) atoms. The van der Waals surface area contributed by atoms with Crippen molar-refractivity contribution in [3.8, 4) is 16.9 Å². The molecule has 3 N–H and O–H groups in total. The molecule has 6 rings (SSSR count). The van der Waals surface area contributed by atoms with Gasteiger partial charge in [0, 0.05) is 62.8 Å². The number of aromatic nitrogens is 3. The second-order valence-electron chi connectivity index (χ2n) is 13.1. The van der Waals surface area contributed by atoms with Crippen LogP contribution in [0.1, 0.15) is 44.6 Å². The number of benzene rings is 3. The lowest BCUT2D eigenvalue weighted by atomic mass is 10.0. The van der Waals surface area contributed by atoms with Crippen LogP contribution in [0.15, 0.2) is 83.8 Å². The molecule has 0 radical (unpaired) electrons. The number of aromatic amines is 1. The summed E-state index contributed by atoms with van der Waals surface area (Å²) in [6, 6.07) is 21.5. The highest BCUT2D eigenvalue weighted by atomic mass is 19.1. The third-order valence-electron chi connectivity index (χ3n) is 9.51. The van der Waals surface area contributed by atoms with E-state index in [0.29, 0.717) is 60.4 Å². The summed E-state index contributed by atoms with van der Waals surface area (Å²) < 4.78 is 26.0. The van der Waals surface area contributed by atoms with Crippen molar-refractivity contribution in [1.29, 1.82) is 0 Å². The molecule has 286 valence electrons. The van der Waals surface area contributed by atoms with Crippen LogP contribution in [0.2, 0.25) is 0 Å². The monoisotopic (exact) mass is 749 g/mol. The minimum atomic E-state index is -0.628. The number of H-pyrrole nitrogens is 1. The molecule has 0 bridgehead atoms. The molecule has 1 aliphatic heterocycles. The van der Waals surface area contributed by atoms with Crippen molar-refractivity contribution in [3.05, 3.63) is 123 Å². The van der Waals surface area contributed by atoms with Crippen LogP contribution < -0.4 is 20.9 Å². The SMILES string of the molecule is CCc1cccc(-c2cnc(C(=O)NCCOCCNCC(=O)N3CCN(C(=O)c4cc(Cc5n[nH]c(=O)c6ccccc56)ccc4F)CC3)c(OC)c2)c1. The van der Waals surface area contributed by atoms with Gasteiger partial charge in [0.05, 0.1) is 43.5 Å². The van der Waals surface area contributed by atoms with Crippen LogP contribution in [0.3, 0.4) is 0 Å². The summed E-state index contributed by atoms with van der Waals surface area (Å²) in [7, 11) is 1.50. The number of halogens is 1. The number of ether oxygens (including phenoxy) is 2. The highest BCUT2D eigenvalue weighted by Crippen LogP contribution is 2.26. The van der Waals surface area contributed by atoms with Crippen LogP contribution in [-0.2, 0) is 22.4 Å². The summed E-state index contributed by atoms with van der Waals surface area (Å²) >= 11 is 0. The molecule has 3 heterocycles. The minimum Gasteiger partial charge on any atom is -0.494 e. The Labute approximate surface area is 317 Å². The van der Waals surface area contributed by atoms with Gasteiger partial charge in [-0.25, -0.2) is 14.5 Å². The summed E-state index contributed by atoms with van der Waals surface area (Å²) in [4.78, 5) is 58.7. The van der Waals surface area contributed by atoms with E-state index in [9.17, 15) is 23.6 Å². The van der Waals surface area contributed by atoms with E-state index in [4.69, 9.17) is 9.47 Å². The second kappa shape index (κ2) is 18.4. The molecule has 3 aromatic carbocycles. The van der Waals surface area contributed by atoms with Gasteiger partial charge in [0.1, 0.15) is 5.82 Å². The Hall–Kier alpha value is -5.99. The molecule has 1 aliphatic rings. The quantitative estimate of drug-likeness (QED) is 0.136. The Morgan fingerprint density at radius 2 is 1.64 bits per heavy atom. The van der Waals surface area contributed by atoms with Gasteiger partial charge in [0.15, 0.2) is 11.4 Å². The van der Waals surface area contributed by atoms with E-state index in [1.165, 1.54) is 24.8 Å². The number of nitrogens with one attached hydrogen (secondary N) is 3. The first kappa shape index (κ1) is 38.7. The van der Waals surface area contributed by atoms with E-state index in [0.717, 1.165) is 17.5 Å². The molecule has 3 amide bonds. The normalized spacial score (nSPS) is 12.9. The average molecular weight is 750 g/mol. The van der Waals surface area contributed by atoms with Gasteiger partial charge in [-0.15, -0.1) is 0 Å². The highest BCUT2D eigenvalue weighted by molar-refractivity contribution is 5.96. The zero-order valence-corrected chi connectivity index (χ0v) is 30.9. The van der Waals surface area contributed by atoms with Crippen molar-refractivity contribution in [3.63, 3.8) is 0 Å². The maximum absolute atomic E-state index is 14.9. The van der Waals surface area contributed by atoms with E-state index in [2.05, 4.69) is 44.9 Å². The van der Waals surface area contributed by atoms with Crippen molar-refractivity contribution in [2.75, 3.05) is 66.1 Å². The number of carbonyl (C=O) groups excluding carboxylic acids is 3. The maximum atomic E-state index is 14.9. The van der Waals surface area contributed by atoms with Crippen LogP contribution >= 0.6 is 0 Å². The Morgan fingerprint density at radius 1 is 0.873 bits per heavy atom. The molecule has 1 fully saturated rings. The predicted octanol–water partition coefficient (Wildman–Crippen LogP) is 3.61. The molecule has 0 unspecified atom stereocenters. The summed E-state index contributed by atoms with van der Waals surface area (Å²) in [6.45, 7) is 4.68. The van der Waals surface area contributed by atoms with Gasteiger partial charge < -0.3 is 29.9 Å². The first-order valence-corrected chi connectivity index (χ1v) is 18.3. The molecule has 1 saturated heterocycles. The Morgan fingerprint density at radius 3 is 2.42 bits per heavy atom. The number of carbonyl (C=O) groups is 3. The van der Waals surface area contributed by atoms with Crippen LogP contribution in [0.4, 0.5) is 4.39 Å². The number of pyridine rings is 1. The van der Waals surface area contributed by atoms with Crippen molar-refractivity contribution < 1.29 is 28.2 Å². The molecule has 0 saturated carbocycles. The fourth-order valence-electron chi connectivity index (χ4n) is 6.45. The number of amides is 3. The number of methoxy groups -OCH3 is 1. The molecule has 0 atom stereocenters. The Balaban J connectivity index is 0.885. The van der Waals surface area contributed by atoms with Crippen molar-refractivity contribution in [2.24, 2.45) is 0 Å². The molecule has 0 spiro atoms. The van der Waals surface area contributed by atoms with Gasteiger partial charge in [0.2, 0.25) is 5.91 Å². The number of rotatable bonds is 15. The maximum Gasteiger partial charge on any atom is 0.273 e. The smallest absolute Gasteiger partial charge is 0.273 e. The predicted molar refractivity (Wildman–Crippen MR) is 206 cm³/mol. The number of piperazine rings is 1. The fraction of sp³-hybridized carbons (Fsp3) is 0.317. The average Bonchev–Trinajstić information content (AvgIpc) is 3.23. The highest BCUT2D eigenvalue weighted by Gasteiger charge is 2.26. The van der Waals surface area contributed by atoms with Crippen LogP contribution in [0.25, 0.3) is 21.9 Å². The van der Waals surface area contributed by atoms with Crippen LogP contribution in [0, 0.1) is 5.82 Å². The van der Waals surface area contributed by atoms with Gasteiger partial charge >= 0.3 is 0 Å². The van der Waals surface area contributed by atoms with Crippen molar-refractivity contribution >= 4 is 28.5 Å². The van der Waals surface area contributed by atoms with Gasteiger partial charge in [-0.1, -0.05) is 55.5 Å². The first-order valence-electron chi connectivity index (χ1n) is 18.3. The lowest BCUT2D eigenvalue weighted by Crippen LogP contribution is -2.52. The zero-order valence-electron chi connectivity index (χ0n) is 30.9. The number of nitrogens with zero attached hydrogens (tertiary/aromatic N) is 4. The van der Waals surface area contributed by atoms with Crippen LogP contribution in [-0.4, -0.2) is 109 Å². The number of hydrogen-bond donors (Lipinski definition) is 3. The summed E-state index contributed by atoms with van der Waals surface area (Å²) in [6.07, 6.45) is 2.88. The summed E-state index contributed by atoms with van der Waals surface area (Å²) in [5, 5.41) is 13.8. The van der Waals surface area contributed by atoms with E-state index >= 15 is 0 Å². The first-order chi connectivity index (χ1) is 26.7. The molecule has 2 aromatic heterocycles. The summed E-state index contributed by atoms with van der Waals surface area (Å²) in [5.74, 6) is -1.17. The van der Waals surface area contributed by atoms with Gasteiger partial charge in [0.25, 0.3) is 17.4 Å². The van der Waals surface area contributed by atoms with Gasteiger partial charge in [-0.3, -0.25) is 19.2 Å². The zero-order chi connectivity index (χ0) is 38.7. The van der Waals surface area contributed by atoms with E-state index < -0.39 is 11.7 Å². The molecule has 0 aliphatic carbocycles. The topological polar surface area (TPSA) is 159 Å². The molecular weight excluding hydrogens is 705 g/mol. The Bertz CT molecular complexity index is 2220. The molecule has 14 heteroatoms. The molecule has 5 aromatic rings. The number of fused-ring (bicyclic) bond motifs is 1. The third-order valence-corrected chi connectivity index (χ3v) is 9.51. The van der Waals surface area contributed by atoms with Gasteiger partial charge in [-0.05, 0) is 47.4 Å². The Kier molecular flexibility index (Phi) is 12.9. The van der Waals surface area contributed by atoms with Crippen molar-refractivity contribution in [1.82, 2.24) is 35.6 Å².